The molecule has 23 heavy (non-hydrogen) atoms. The Bertz CT molecular complexity index is 717. The van der Waals surface area contributed by atoms with Gasteiger partial charge in [-0.1, -0.05) is 63.2 Å². The number of aryl methyl sites for hydroxylation is 2. The van der Waals surface area contributed by atoms with E-state index in [0.717, 1.165) is 16.7 Å². The van der Waals surface area contributed by atoms with E-state index in [4.69, 9.17) is 0 Å². The third kappa shape index (κ3) is 4.20. The van der Waals surface area contributed by atoms with E-state index < -0.39 is 7.80 Å². The van der Waals surface area contributed by atoms with E-state index in [9.17, 15) is 9.36 Å². The zero-order valence-corrected chi connectivity index (χ0v) is 15.6. The second-order valence-corrected chi connectivity index (χ2v) is 8.80. The highest BCUT2D eigenvalue weighted by molar-refractivity contribution is 7.63. The number of hydrogen-bond acceptors (Lipinski definition) is 2. The summed E-state index contributed by atoms with van der Waals surface area (Å²) < 4.78 is 12.5. The van der Waals surface area contributed by atoms with Gasteiger partial charge < -0.3 is 4.57 Å². The maximum atomic E-state index is 12.7. The third-order valence-corrected chi connectivity index (χ3v) is 5.57. The number of benzene rings is 2. The molecule has 0 spiro atoms. The minimum atomic E-state index is -2.35. The summed E-state index contributed by atoms with van der Waals surface area (Å²) in [6, 6.07) is 13.7. The van der Waals surface area contributed by atoms with Crippen molar-refractivity contribution in [1.29, 1.82) is 0 Å². The molecule has 3 heteroatoms. The molecule has 0 heterocycles. The Morgan fingerprint density at radius 1 is 1.00 bits per heavy atom. The monoisotopic (exact) mass is 328 g/mol. The molecule has 1 unspecified atom stereocenters. The van der Waals surface area contributed by atoms with Gasteiger partial charge in [0.15, 0.2) is 0 Å². The molecule has 0 N–H and O–H groups in total. The van der Waals surface area contributed by atoms with Crippen LogP contribution in [0.5, 0.6) is 0 Å². The lowest BCUT2D eigenvalue weighted by Gasteiger charge is -2.22. The molecule has 1 atom stereocenters. The van der Waals surface area contributed by atoms with Gasteiger partial charge in [-0.3, -0.25) is 4.79 Å². The Balaban J connectivity index is 2.31. The van der Waals surface area contributed by atoms with Gasteiger partial charge in [-0.2, -0.15) is 0 Å². The zero-order valence-electron chi connectivity index (χ0n) is 14.6. The molecule has 0 saturated carbocycles. The van der Waals surface area contributed by atoms with Gasteiger partial charge >= 0.3 is 0 Å². The summed E-state index contributed by atoms with van der Waals surface area (Å²) in [4.78, 5) is 12.7. The van der Waals surface area contributed by atoms with E-state index >= 15 is 0 Å². The van der Waals surface area contributed by atoms with E-state index in [1.54, 1.807) is 0 Å². The Hall–Kier alpha value is -1.66. The van der Waals surface area contributed by atoms with Crippen LogP contribution in [-0.2, 0) is 16.1 Å². The number of rotatable bonds is 4. The van der Waals surface area contributed by atoms with Gasteiger partial charge in [0, 0.05) is 11.7 Å². The van der Waals surface area contributed by atoms with Crippen molar-refractivity contribution in [2.45, 2.75) is 46.2 Å². The first-order valence-electron chi connectivity index (χ1n) is 7.93. The van der Waals surface area contributed by atoms with Gasteiger partial charge in [0.05, 0.1) is 0 Å². The molecule has 0 radical (unpaired) electrons. The summed E-state index contributed by atoms with van der Waals surface area (Å²) in [6.07, 6.45) is 0.338. The average Bonchev–Trinajstić information content (AvgIpc) is 2.46. The molecular weight excluding hydrogens is 303 g/mol. The van der Waals surface area contributed by atoms with Crippen molar-refractivity contribution in [1.82, 2.24) is 0 Å². The van der Waals surface area contributed by atoms with Crippen LogP contribution in [0.15, 0.2) is 42.5 Å². The molecule has 0 aliphatic rings. The maximum absolute atomic E-state index is 12.7. The van der Waals surface area contributed by atoms with E-state index in [1.807, 2.05) is 44.2 Å². The molecule has 2 aromatic rings. The van der Waals surface area contributed by atoms with Crippen LogP contribution in [-0.4, -0.2) is 5.52 Å². The molecule has 2 aromatic carbocycles. The fraction of sp³-hybridized carbons (Fsp3) is 0.350. The first-order valence-corrected chi connectivity index (χ1v) is 9.55. The van der Waals surface area contributed by atoms with Crippen molar-refractivity contribution < 1.29 is 9.36 Å². The largest absolute Gasteiger partial charge is 0.318 e. The van der Waals surface area contributed by atoms with Gasteiger partial charge in [0.1, 0.15) is 7.80 Å². The molecular formula is C20H25O2P. The zero-order chi connectivity index (χ0) is 17.2. The van der Waals surface area contributed by atoms with Gasteiger partial charge in [-0.05, 0) is 41.5 Å². The first kappa shape index (κ1) is 17.7. The molecule has 0 bridgehead atoms. The normalized spacial score (nSPS) is 12.9. The molecule has 0 aliphatic heterocycles. The van der Waals surface area contributed by atoms with Crippen LogP contribution < -0.4 is 0 Å². The van der Waals surface area contributed by atoms with Crippen LogP contribution in [0.1, 0.15) is 53.4 Å². The first-order chi connectivity index (χ1) is 10.7. The molecule has 0 fully saturated rings. The van der Waals surface area contributed by atoms with E-state index in [-0.39, 0.29) is 10.9 Å². The Labute approximate surface area is 139 Å². The van der Waals surface area contributed by atoms with Crippen molar-refractivity contribution in [3.8, 4) is 0 Å². The third-order valence-electron chi connectivity index (χ3n) is 4.09. The summed E-state index contributed by atoms with van der Waals surface area (Å²) in [5, 5.41) is 0. The van der Waals surface area contributed by atoms with Crippen LogP contribution >= 0.6 is 7.80 Å². The fourth-order valence-electron chi connectivity index (χ4n) is 2.76. The molecule has 0 aromatic heterocycles. The molecule has 122 valence electrons. The summed E-state index contributed by atoms with van der Waals surface area (Å²) in [6.45, 7) is 10.3. The van der Waals surface area contributed by atoms with Crippen LogP contribution in [0.25, 0.3) is 0 Å². The fourth-order valence-corrected chi connectivity index (χ4v) is 4.20. The van der Waals surface area contributed by atoms with Gasteiger partial charge in [-0.15, -0.1) is 0 Å². The minimum Gasteiger partial charge on any atom is -0.318 e. The lowest BCUT2D eigenvalue weighted by atomic mass is 9.84. The number of carbonyl (C=O) groups excluding carboxylic acids is 1. The van der Waals surface area contributed by atoms with E-state index in [2.05, 4.69) is 32.9 Å². The Morgan fingerprint density at radius 2 is 1.52 bits per heavy atom. The lowest BCUT2D eigenvalue weighted by Crippen LogP contribution is -2.13. The molecule has 0 saturated heterocycles. The van der Waals surface area contributed by atoms with Gasteiger partial charge in [-0.25, -0.2) is 0 Å². The van der Waals surface area contributed by atoms with Crippen molar-refractivity contribution in [3.63, 3.8) is 0 Å². The van der Waals surface area contributed by atoms with Gasteiger partial charge in [0.25, 0.3) is 0 Å². The minimum absolute atomic E-state index is 0.0341. The lowest BCUT2D eigenvalue weighted by molar-refractivity contribution is 0.107. The van der Waals surface area contributed by atoms with Crippen LogP contribution in [0.4, 0.5) is 0 Å². The summed E-state index contributed by atoms with van der Waals surface area (Å²) in [7, 11) is -2.35. The molecule has 0 aliphatic carbocycles. The van der Waals surface area contributed by atoms with Crippen LogP contribution in [0.3, 0.4) is 0 Å². The highest BCUT2D eigenvalue weighted by Crippen LogP contribution is 2.35. The summed E-state index contributed by atoms with van der Waals surface area (Å²) in [5.41, 5.74) is 4.47. The van der Waals surface area contributed by atoms with Gasteiger partial charge in [0.2, 0.25) is 5.52 Å². The van der Waals surface area contributed by atoms with Crippen molar-refractivity contribution >= 4 is 13.3 Å². The standard InChI is InChI=1S/C20H25O2P/c1-14-11-17(20(3,4)5)12-15(2)18(14)19(21)23(22)13-16-9-7-6-8-10-16/h6-12,23H,13H2,1-5H3. The summed E-state index contributed by atoms with van der Waals surface area (Å²) >= 11 is 0. The quantitative estimate of drug-likeness (QED) is 0.694. The van der Waals surface area contributed by atoms with Crippen LogP contribution in [0.2, 0.25) is 0 Å². The average molecular weight is 328 g/mol. The smallest absolute Gasteiger partial charge is 0.219 e. The summed E-state index contributed by atoms with van der Waals surface area (Å²) in [5.74, 6) is 0. The van der Waals surface area contributed by atoms with Crippen molar-refractivity contribution in [3.05, 3.63) is 70.3 Å². The second kappa shape index (κ2) is 6.84. The predicted octanol–water partition coefficient (Wildman–Crippen LogP) is 5.50. The topological polar surface area (TPSA) is 34.1 Å². The number of carbonyl (C=O) groups is 1. The SMILES string of the molecule is Cc1cc(C(C)(C)C)cc(C)c1C(=O)[PH](=O)Cc1ccccc1. The Morgan fingerprint density at radius 3 is 2.00 bits per heavy atom. The molecule has 2 rings (SSSR count). The number of hydrogen-bond donors (Lipinski definition) is 0. The van der Waals surface area contributed by atoms with E-state index in [0.29, 0.717) is 11.7 Å². The highest BCUT2D eigenvalue weighted by Gasteiger charge is 2.22. The second-order valence-electron chi connectivity index (χ2n) is 7.15. The van der Waals surface area contributed by atoms with Crippen LogP contribution in [0, 0.1) is 13.8 Å². The predicted molar refractivity (Wildman–Crippen MR) is 98.1 cm³/mol. The maximum Gasteiger partial charge on any atom is 0.219 e. The molecule has 0 amide bonds. The van der Waals surface area contributed by atoms with Crippen molar-refractivity contribution in [2.24, 2.45) is 0 Å². The Kier molecular flexibility index (Phi) is 5.26. The molecule has 2 nitrogen and oxygen atoms in total. The van der Waals surface area contributed by atoms with E-state index in [1.165, 1.54) is 5.56 Å². The highest BCUT2D eigenvalue weighted by atomic mass is 31.1. The van der Waals surface area contributed by atoms with Crippen molar-refractivity contribution in [2.75, 3.05) is 0 Å².